The Bertz CT molecular complexity index is 623. The van der Waals surface area contributed by atoms with E-state index in [9.17, 15) is 4.79 Å². The van der Waals surface area contributed by atoms with Crippen LogP contribution < -0.4 is 5.76 Å². The maximum atomic E-state index is 11.6. The normalized spacial score (nSPS) is 16.1. The Balaban J connectivity index is 1.72. The number of methoxy groups -OCH3 is 1. The van der Waals surface area contributed by atoms with Crippen LogP contribution in [0.25, 0.3) is 0 Å². The van der Waals surface area contributed by atoms with Gasteiger partial charge in [0.15, 0.2) is 5.82 Å². The third-order valence-corrected chi connectivity index (χ3v) is 3.41. The highest BCUT2D eigenvalue weighted by atomic mass is 16.5. The molecule has 1 saturated carbocycles. The minimum absolute atomic E-state index is 0.117. The molecule has 0 atom stereocenters. The lowest BCUT2D eigenvalue weighted by atomic mass is 10.1. The summed E-state index contributed by atoms with van der Waals surface area (Å²) in [4.78, 5) is 15.9. The summed E-state index contributed by atoms with van der Waals surface area (Å²) in [6, 6.07) is 0. The Morgan fingerprint density at radius 2 is 2.15 bits per heavy atom. The lowest BCUT2D eigenvalue weighted by Crippen LogP contribution is -2.16. The SMILES string of the molecule is COCc1nn(Cc2nc(C3CCCC3)no2)c(=O)o1. The average molecular weight is 280 g/mol. The minimum Gasteiger partial charge on any atom is -0.390 e. The molecule has 0 unspecified atom stereocenters. The smallest absolute Gasteiger partial charge is 0.390 e. The number of aromatic nitrogens is 4. The van der Waals surface area contributed by atoms with Crippen molar-refractivity contribution in [3.8, 4) is 0 Å². The van der Waals surface area contributed by atoms with Gasteiger partial charge in [-0.3, -0.25) is 0 Å². The maximum Gasteiger partial charge on any atom is 0.437 e. The highest BCUT2D eigenvalue weighted by Crippen LogP contribution is 2.32. The fourth-order valence-electron chi connectivity index (χ4n) is 2.44. The quantitative estimate of drug-likeness (QED) is 0.808. The summed E-state index contributed by atoms with van der Waals surface area (Å²) in [6.45, 7) is 0.269. The molecule has 0 N–H and O–H groups in total. The molecule has 108 valence electrons. The van der Waals surface area contributed by atoms with Crippen molar-refractivity contribution in [2.75, 3.05) is 7.11 Å². The first kappa shape index (κ1) is 13.0. The molecule has 0 aliphatic heterocycles. The van der Waals surface area contributed by atoms with E-state index in [2.05, 4.69) is 15.2 Å². The molecule has 2 aromatic rings. The molecule has 20 heavy (non-hydrogen) atoms. The van der Waals surface area contributed by atoms with E-state index in [4.69, 9.17) is 13.7 Å². The van der Waals surface area contributed by atoms with E-state index in [0.29, 0.717) is 11.8 Å². The largest absolute Gasteiger partial charge is 0.437 e. The van der Waals surface area contributed by atoms with Crippen molar-refractivity contribution < 1.29 is 13.7 Å². The Kier molecular flexibility index (Phi) is 3.64. The van der Waals surface area contributed by atoms with E-state index in [1.165, 1.54) is 20.0 Å². The highest BCUT2D eigenvalue weighted by Gasteiger charge is 2.22. The zero-order valence-corrected chi connectivity index (χ0v) is 11.2. The van der Waals surface area contributed by atoms with Gasteiger partial charge in [0.05, 0.1) is 0 Å². The number of rotatable bonds is 5. The van der Waals surface area contributed by atoms with Crippen LogP contribution in [0.15, 0.2) is 13.7 Å². The van der Waals surface area contributed by atoms with Crippen LogP contribution in [0.1, 0.15) is 49.2 Å². The standard InChI is InChI=1S/C12H16N4O4/c1-18-7-10-14-16(12(17)19-10)6-9-13-11(15-20-9)8-4-2-3-5-8/h8H,2-7H2,1H3. The second-order valence-electron chi connectivity index (χ2n) is 4.88. The summed E-state index contributed by atoms with van der Waals surface area (Å²) >= 11 is 0. The van der Waals surface area contributed by atoms with Crippen LogP contribution in [0, 0.1) is 0 Å². The van der Waals surface area contributed by atoms with Crippen LogP contribution in [0.2, 0.25) is 0 Å². The molecular formula is C12H16N4O4. The molecule has 2 aromatic heterocycles. The van der Waals surface area contributed by atoms with Crippen molar-refractivity contribution in [2.24, 2.45) is 0 Å². The van der Waals surface area contributed by atoms with Crippen LogP contribution in [-0.2, 0) is 17.9 Å². The van der Waals surface area contributed by atoms with Crippen LogP contribution in [0.5, 0.6) is 0 Å². The molecule has 1 aliphatic carbocycles. The topological polar surface area (TPSA) is 96.2 Å². The van der Waals surface area contributed by atoms with Crippen molar-refractivity contribution >= 4 is 0 Å². The molecule has 0 aromatic carbocycles. The van der Waals surface area contributed by atoms with E-state index in [-0.39, 0.29) is 19.0 Å². The molecular weight excluding hydrogens is 264 g/mol. The van der Waals surface area contributed by atoms with Gasteiger partial charge in [0.2, 0.25) is 11.8 Å². The predicted octanol–water partition coefficient (Wildman–Crippen LogP) is 1.07. The molecule has 2 heterocycles. The van der Waals surface area contributed by atoms with Crippen molar-refractivity contribution in [1.29, 1.82) is 0 Å². The van der Waals surface area contributed by atoms with Crippen molar-refractivity contribution in [3.63, 3.8) is 0 Å². The Labute approximate surface area is 114 Å². The summed E-state index contributed by atoms with van der Waals surface area (Å²) in [5.41, 5.74) is 0. The van der Waals surface area contributed by atoms with Gasteiger partial charge in [0.1, 0.15) is 13.2 Å². The molecule has 0 radical (unpaired) electrons. The zero-order valence-electron chi connectivity index (χ0n) is 11.2. The molecule has 8 heteroatoms. The van der Waals surface area contributed by atoms with E-state index in [1.54, 1.807) is 0 Å². The molecule has 1 fully saturated rings. The van der Waals surface area contributed by atoms with E-state index >= 15 is 0 Å². The van der Waals surface area contributed by atoms with Crippen LogP contribution >= 0.6 is 0 Å². The third kappa shape index (κ3) is 2.64. The van der Waals surface area contributed by atoms with Gasteiger partial charge in [-0.1, -0.05) is 18.0 Å². The first-order chi connectivity index (χ1) is 9.76. The summed E-state index contributed by atoms with van der Waals surface area (Å²) in [7, 11) is 1.50. The van der Waals surface area contributed by atoms with Crippen molar-refractivity contribution in [1.82, 2.24) is 19.9 Å². The Morgan fingerprint density at radius 3 is 2.90 bits per heavy atom. The van der Waals surface area contributed by atoms with Crippen LogP contribution in [0.3, 0.4) is 0 Å². The molecule has 0 spiro atoms. The number of hydrogen-bond donors (Lipinski definition) is 0. The summed E-state index contributed by atoms with van der Waals surface area (Å²) in [5.74, 6) is 1.15. The highest BCUT2D eigenvalue weighted by molar-refractivity contribution is 4.98. The van der Waals surface area contributed by atoms with Gasteiger partial charge in [-0.25, -0.2) is 4.79 Å². The van der Waals surface area contributed by atoms with Gasteiger partial charge >= 0.3 is 5.76 Å². The van der Waals surface area contributed by atoms with Crippen LogP contribution in [-0.4, -0.2) is 27.0 Å². The van der Waals surface area contributed by atoms with Gasteiger partial charge < -0.3 is 13.7 Å². The summed E-state index contributed by atoms with van der Waals surface area (Å²) in [5, 5.41) is 7.97. The fourth-order valence-corrected chi connectivity index (χ4v) is 2.44. The Hall–Kier alpha value is -1.96. The summed E-state index contributed by atoms with van der Waals surface area (Å²) < 4.78 is 16.1. The Morgan fingerprint density at radius 1 is 1.35 bits per heavy atom. The van der Waals surface area contributed by atoms with Crippen LogP contribution in [0.4, 0.5) is 0 Å². The fraction of sp³-hybridized carbons (Fsp3) is 0.667. The first-order valence-corrected chi connectivity index (χ1v) is 6.64. The number of ether oxygens (including phenoxy) is 1. The van der Waals surface area contributed by atoms with Crippen molar-refractivity contribution in [3.05, 3.63) is 28.2 Å². The average Bonchev–Trinajstić information content (AvgIpc) is 3.13. The van der Waals surface area contributed by atoms with Gasteiger partial charge in [-0.2, -0.15) is 9.67 Å². The van der Waals surface area contributed by atoms with Gasteiger partial charge in [-0.15, -0.1) is 5.10 Å². The molecule has 3 rings (SSSR count). The van der Waals surface area contributed by atoms with Gasteiger partial charge in [0, 0.05) is 13.0 Å². The van der Waals surface area contributed by atoms with E-state index in [1.807, 2.05) is 0 Å². The minimum atomic E-state index is -0.558. The molecule has 0 amide bonds. The monoisotopic (exact) mass is 280 g/mol. The second-order valence-corrected chi connectivity index (χ2v) is 4.88. The first-order valence-electron chi connectivity index (χ1n) is 6.64. The molecule has 1 aliphatic rings. The third-order valence-electron chi connectivity index (χ3n) is 3.41. The van der Waals surface area contributed by atoms with Gasteiger partial charge in [-0.05, 0) is 12.8 Å². The van der Waals surface area contributed by atoms with Crippen molar-refractivity contribution in [2.45, 2.75) is 44.8 Å². The zero-order chi connectivity index (χ0) is 13.9. The van der Waals surface area contributed by atoms with E-state index < -0.39 is 5.76 Å². The number of nitrogens with zero attached hydrogens (tertiary/aromatic N) is 4. The molecule has 0 bridgehead atoms. The lowest BCUT2D eigenvalue weighted by molar-refractivity contribution is 0.158. The predicted molar refractivity (Wildman–Crippen MR) is 66.1 cm³/mol. The van der Waals surface area contributed by atoms with E-state index in [0.717, 1.165) is 23.3 Å². The lowest BCUT2D eigenvalue weighted by Gasteiger charge is -1.99. The summed E-state index contributed by atoms with van der Waals surface area (Å²) in [6.07, 6.45) is 4.61. The number of hydrogen-bond acceptors (Lipinski definition) is 7. The second kappa shape index (κ2) is 5.58. The molecule has 0 saturated heterocycles. The maximum absolute atomic E-state index is 11.6. The van der Waals surface area contributed by atoms with Gasteiger partial charge in [0.25, 0.3) is 0 Å². The molecule has 8 nitrogen and oxygen atoms in total.